The van der Waals surface area contributed by atoms with Gasteiger partial charge in [-0.25, -0.2) is 0 Å². The normalized spacial score (nSPS) is 10.2. The Morgan fingerprint density at radius 2 is 1.68 bits per heavy atom. The van der Waals surface area contributed by atoms with E-state index in [0.717, 1.165) is 5.56 Å². The smallest absolute Gasteiger partial charge is 0.250 e. The van der Waals surface area contributed by atoms with Gasteiger partial charge in [0.2, 0.25) is 11.7 Å². The van der Waals surface area contributed by atoms with E-state index in [1.165, 1.54) is 21.3 Å². The molecule has 0 spiro atoms. The van der Waals surface area contributed by atoms with Crippen LogP contribution < -0.4 is 19.5 Å². The zero-order valence-corrected chi connectivity index (χ0v) is 15.1. The summed E-state index contributed by atoms with van der Waals surface area (Å²) in [6, 6.07) is 10.6. The van der Waals surface area contributed by atoms with Gasteiger partial charge in [0.25, 0.3) is 0 Å². The minimum atomic E-state index is -0.304. The van der Waals surface area contributed by atoms with Crippen LogP contribution in [0.4, 0.5) is 5.69 Å². The number of nitrogens with one attached hydrogen (secondary N) is 1. The van der Waals surface area contributed by atoms with Crippen molar-refractivity contribution in [3.63, 3.8) is 0 Å². The summed E-state index contributed by atoms with van der Waals surface area (Å²) in [6.07, 6.45) is 0. The van der Waals surface area contributed by atoms with Crippen LogP contribution in [-0.4, -0.2) is 33.8 Å². The Morgan fingerprint density at radius 1 is 1.04 bits per heavy atom. The molecular weight excluding hydrogens is 346 g/mol. The zero-order chi connectivity index (χ0) is 18.2. The Balaban J connectivity index is 1.97. The number of anilines is 1. The lowest BCUT2D eigenvalue weighted by molar-refractivity contribution is -0.121. The Bertz CT molecular complexity index is 710. The second kappa shape index (κ2) is 9.15. The van der Waals surface area contributed by atoms with E-state index in [2.05, 4.69) is 5.32 Å². The van der Waals surface area contributed by atoms with E-state index in [0.29, 0.717) is 28.0 Å². The molecule has 0 unspecified atom stereocenters. The zero-order valence-electron chi connectivity index (χ0n) is 14.3. The van der Waals surface area contributed by atoms with Crippen molar-refractivity contribution < 1.29 is 23.7 Å². The molecule has 0 saturated heterocycles. The first-order chi connectivity index (χ1) is 12.1. The van der Waals surface area contributed by atoms with Gasteiger partial charge in [-0.05, 0) is 11.6 Å². The number of methoxy groups -OCH3 is 3. The largest absolute Gasteiger partial charge is 0.493 e. The molecular formula is C18H20ClNO5. The molecule has 0 aliphatic carbocycles. The van der Waals surface area contributed by atoms with Crippen LogP contribution in [0.25, 0.3) is 0 Å². The lowest BCUT2D eigenvalue weighted by atomic mass is 10.2. The maximum absolute atomic E-state index is 12.1. The summed E-state index contributed by atoms with van der Waals surface area (Å²) < 4.78 is 21.2. The number of carbonyl (C=O) groups excluding carboxylic acids is 1. The average molecular weight is 366 g/mol. The highest BCUT2D eigenvalue weighted by atomic mass is 35.5. The average Bonchev–Trinajstić information content (AvgIpc) is 2.62. The van der Waals surface area contributed by atoms with Crippen LogP contribution >= 0.6 is 11.6 Å². The quantitative estimate of drug-likeness (QED) is 0.775. The summed E-state index contributed by atoms with van der Waals surface area (Å²) in [5, 5.41) is 3.34. The van der Waals surface area contributed by atoms with E-state index in [4.69, 9.17) is 30.5 Å². The van der Waals surface area contributed by atoms with E-state index in [9.17, 15) is 4.79 Å². The fourth-order valence-electron chi connectivity index (χ4n) is 2.22. The molecule has 2 aromatic rings. The molecule has 0 aromatic heterocycles. The third-order valence-electron chi connectivity index (χ3n) is 3.40. The summed E-state index contributed by atoms with van der Waals surface area (Å²) in [7, 11) is 4.53. The molecule has 2 rings (SSSR count). The summed E-state index contributed by atoms with van der Waals surface area (Å²) in [5.74, 6) is 1.06. The molecule has 2 aromatic carbocycles. The van der Waals surface area contributed by atoms with Crippen LogP contribution in [0.2, 0.25) is 5.02 Å². The second-order valence-corrected chi connectivity index (χ2v) is 5.45. The van der Waals surface area contributed by atoms with Gasteiger partial charge in [-0.2, -0.15) is 0 Å². The van der Waals surface area contributed by atoms with Crippen molar-refractivity contribution in [1.82, 2.24) is 0 Å². The van der Waals surface area contributed by atoms with Gasteiger partial charge in [-0.3, -0.25) is 4.79 Å². The number of benzene rings is 2. The van der Waals surface area contributed by atoms with Crippen LogP contribution in [-0.2, 0) is 16.1 Å². The standard InChI is InChI=1S/C18H20ClNO5/c1-22-15-8-13(9-16(23-2)18(15)24-3)20-17(21)11-25-10-12-6-4-5-7-14(12)19/h4-9H,10-11H2,1-3H3,(H,20,21). The molecule has 0 aliphatic heterocycles. The molecule has 1 amide bonds. The van der Waals surface area contributed by atoms with Crippen molar-refractivity contribution in [2.75, 3.05) is 33.3 Å². The Hall–Kier alpha value is -2.44. The monoisotopic (exact) mass is 365 g/mol. The van der Waals surface area contributed by atoms with Crippen molar-refractivity contribution >= 4 is 23.2 Å². The minimum absolute atomic E-state index is 0.109. The number of ether oxygens (including phenoxy) is 4. The highest BCUT2D eigenvalue weighted by molar-refractivity contribution is 6.31. The van der Waals surface area contributed by atoms with Crippen molar-refractivity contribution in [2.24, 2.45) is 0 Å². The molecule has 0 saturated carbocycles. The third kappa shape index (κ3) is 5.01. The van der Waals surface area contributed by atoms with E-state index in [1.807, 2.05) is 18.2 Å². The van der Waals surface area contributed by atoms with E-state index >= 15 is 0 Å². The molecule has 0 atom stereocenters. The first kappa shape index (κ1) is 18.9. The summed E-state index contributed by atoms with van der Waals surface area (Å²) in [4.78, 5) is 12.1. The third-order valence-corrected chi connectivity index (χ3v) is 3.77. The van der Waals surface area contributed by atoms with Crippen molar-refractivity contribution in [2.45, 2.75) is 6.61 Å². The Morgan fingerprint density at radius 3 is 2.24 bits per heavy atom. The fourth-order valence-corrected chi connectivity index (χ4v) is 2.41. The molecule has 0 bridgehead atoms. The molecule has 0 heterocycles. The lowest BCUT2D eigenvalue weighted by Gasteiger charge is -2.14. The minimum Gasteiger partial charge on any atom is -0.493 e. The summed E-state index contributed by atoms with van der Waals surface area (Å²) in [5.41, 5.74) is 1.34. The topological polar surface area (TPSA) is 66.0 Å². The van der Waals surface area contributed by atoms with E-state index < -0.39 is 0 Å². The molecule has 25 heavy (non-hydrogen) atoms. The number of amides is 1. The predicted octanol–water partition coefficient (Wildman–Crippen LogP) is 3.52. The van der Waals surface area contributed by atoms with Gasteiger partial charge < -0.3 is 24.3 Å². The maximum atomic E-state index is 12.1. The molecule has 0 aliphatic rings. The number of hydrogen-bond donors (Lipinski definition) is 1. The predicted molar refractivity (Wildman–Crippen MR) is 95.8 cm³/mol. The van der Waals surface area contributed by atoms with Gasteiger partial charge >= 0.3 is 0 Å². The molecule has 6 nitrogen and oxygen atoms in total. The first-order valence-corrected chi connectivity index (χ1v) is 7.87. The molecule has 7 heteroatoms. The number of hydrogen-bond acceptors (Lipinski definition) is 5. The van der Waals surface area contributed by atoms with E-state index in [1.54, 1.807) is 18.2 Å². The first-order valence-electron chi connectivity index (χ1n) is 7.50. The van der Waals surface area contributed by atoms with Crippen LogP contribution in [0.1, 0.15) is 5.56 Å². The molecule has 0 radical (unpaired) electrons. The number of halogens is 1. The van der Waals surface area contributed by atoms with Gasteiger partial charge in [0.15, 0.2) is 11.5 Å². The number of carbonyl (C=O) groups is 1. The van der Waals surface area contributed by atoms with Gasteiger partial charge in [0.05, 0.1) is 27.9 Å². The summed E-state index contributed by atoms with van der Waals surface area (Å²) in [6.45, 7) is 0.143. The van der Waals surface area contributed by atoms with Crippen LogP contribution in [0.5, 0.6) is 17.2 Å². The van der Waals surface area contributed by atoms with Crippen molar-refractivity contribution in [3.8, 4) is 17.2 Å². The fraction of sp³-hybridized carbons (Fsp3) is 0.278. The van der Waals surface area contributed by atoms with Crippen molar-refractivity contribution in [3.05, 3.63) is 47.0 Å². The van der Waals surface area contributed by atoms with Gasteiger partial charge in [-0.1, -0.05) is 29.8 Å². The van der Waals surface area contributed by atoms with Gasteiger partial charge in [0, 0.05) is 22.8 Å². The summed E-state index contributed by atoms with van der Waals surface area (Å²) >= 11 is 6.04. The SMILES string of the molecule is COc1cc(NC(=O)COCc2ccccc2Cl)cc(OC)c1OC. The maximum Gasteiger partial charge on any atom is 0.250 e. The Kier molecular flexibility index (Phi) is 6.91. The van der Waals surface area contributed by atoms with Crippen LogP contribution in [0.15, 0.2) is 36.4 Å². The Labute approximate surface area is 151 Å². The van der Waals surface area contributed by atoms with E-state index in [-0.39, 0.29) is 19.1 Å². The van der Waals surface area contributed by atoms with Crippen LogP contribution in [0.3, 0.4) is 0 Å². The molecule has 0 fully saturated rings. The van der Waals surface area contributed by atoms with Crippen molar-refractivity contribution in [1.29, 1.82) is 0 Å². The highest BCUT2D eigenvalue weighted by Gasteiger charge is 2.14. The number of rotatable bonds is 8. The molecule has 134 valence electrons. The second-order valence-electron chi connectivity index (χ2n) is 5.05. The van der Waals surface area contributed by atoms with Gasteiger partial charge in [0.1, 0.15) is 6.61 Å². The van der Waals surface area contributed by atoms with Crippen LogP contribution in [0, 0.1) is 0 Å². The van der Waals surface area contributed by atoms with Gasteiger partial charge in [-0.15, -0.1) is 0 Å². The lowest BCUT2D eigenvalue weighted by Crippen LogP contribution is -2.18. The highest BCUT2D eigenvalue weighted by Crippen LogP contribution is 2.39. The molecule has 1 N–H and O–H groups in total.